The van der Waals surface area contributed by atoms with Gasteiger partial charge in [0, 0.05) is 42.5 Å². The number of nitro groups is 1. The Kier molecular flexibility index (Phi) is 7.44. The van der Waals surface area contributed by atoms with Crippen molar-refractivity contribution in [2.45, 2.75) is 12.5 Å². The molecule has 1 aliphatic heterocycles. The number of ether oxygens (including phenoxy) is 1. The van der Waals surface area contributed by atoms with E-state index in [1.54, 1.807) is 12.1 Å². The quantitative estimate of drug-likeness (QED) is 0.310. The zero-order valence-corrected chi connectivity index (χ0v) is 18.8. The second kappa shape index (κ2) is 10.2. The maximum absolute atomic E-state index is 11.9. The van der Waals surface area contributed by atoms with Gasteiger partial charge in [-0.25, -0.2) is 9.97 Å². The van der Waals surface area contributed by atoms with Crippen LogP contribution in [0.3, 0.4) is 0 Å². The van der Waals surface area contributed by atoms with Crippen LogP contribution in [0.15, 0.2) is 42.3 Å². The van der Waals surface area contributed by atoms with Gasteiger partial charge in [0.05, 0.1) is 17.7 Å². The standard InChI is InChI=1S/C20H25ClN8O3/c1-13(5-7-21)24-19-22-12-23-20(26-19)25-15-9-17(29(30)31)16(10-18(15)32-4)28-8-6-14(28)11-27(2)3/h5,7,9-10,12,14H,1,6,8,11H2,2-4H3,(H2,22,23,24,25,26)/b7-5+/t14-/m1/s1. The zero-order chi connectivity index (χ0) is 23.3. The molecule has 1 aromatic carbocycles. The topological polar surface area (TPSA) is 122 Å². The van der Waals surface area contributed by atoms with Crippen LogP contribution in [0.2, 0.25) is 0 Å². The predicted molar refractivity (Wildman–Crippen MR) is 125 cm³/mol. The molecule has 170 valence electrons. The number of nitrogens with zero attached hydrogens (tertiary/aromatic N) is 6. The predicted octanol–water partition coefficient (Wildman–Crippen LogP) is 3.35. The number of rotatable bonds is 10. The van der Waals surface area contributed by atoms with Crippen LogP contribution in [0.25, 0.3) is 0 Å². The molecule has 1 atom stereocenters. The molecule has 1 aliphatic rings. The summed E-state index contributed by atoms with van der Waals surface area (Å²) in [4.78, 5) is 27.9. The summed E-state index contributed by atoms with van der Waals surface area (Å²) in [6, 6.07) is 3.32. The van der Waals surface area contributed by atoms with Crippen molar-refractivity contribution in [2.75, 3.05) is 49.8 Å². The van der Waals surface area contributed by atoms with Gasteiger partial charge in [-0.2, -0.15) is 4.98 Å². The summed E-state index contributed by atoms with van der Waals surface area (Å²) in [7, 11) is 5.47. The number of nitro benzene ring substituents is 1. The summed E-state index contributed by atoms with van der Waals surface area (Å²) in [5.41, 5.74) is 2.66. The smallest absolute Gasteiger partial charge is 0.294 e. The minimum Gasteiger partial charge on any atom is -0.494 e. The number of aromatic nitrogens is 3. The van der Waals surface area contributed by atoms with E-state index in [1.165, 1.54) is 25.0 Å². The lowest BCUT2D eigenvalue weighted by Crippen LogP contribution is -2.52. The van der Waals surface area contributed by atoms with Gasteiger partial charge in [-0.05, 0) is 26.6 Å². The Morgan fingerprint density at radius 1 is 1.44 bits per heavy atom. The molecule has 1 fully saturated rings. The van der Waals surface area contributed by atoms with Crippen molar-refractivity contribution in [3.63, 3.8) is 0 Å². The Labute approximate surface area is 190 Å². The SMILES string of the molecule is C=C(/C=C/Cl)Nc1ncnc(Nc2cc([N+](=O)[O-])c(N3CC[C@@H]3CN(C)C)cc2OC)n1. The van der Waals surface area contributed by atoms with Crippen molar-refractivity contribution in [2.24, 2.45) is 0 Å². The van der Waals surface area contributed by atoms with Gasteiger partial charge in [0.1, 0.15) is 17.8 Å². The van der Waals surface area contributed by atoms with E-state index in [0.717, 1.165) is 19.5 Å². The lowest BCUT2D eigenvalue weighted by molar-refractivity contribution is -0.384. The van der Waals surface area contributed by atoms with Crippen LogP contribution in [0.4, 0.5) is 29.0 Å². The summed E-state index contributed by atoms with van der Waals surface area (Å²) in [5.74, 6) is 0.852. The molecule has 0 spiro atoms. The third-order valence-electron chi connectivity index (χ3n) is 4.88. The van der Waals surface area contributed by atoms with Crippen LogP contribution in [0.1, 0.15) is 6.42 Å². The van der Waals surface area contributed by atoms with Crippen molar-refractivity contribution in [1.29, 1.82) is 0 Å². The summed E-state index contributed by atoms with van der Waals surface area (Å²) in [5, 5.41) is 17.7. The van der Waals surface area contributed by atoms with Gasteiger partial charge in [-0.3, -0.25) is 10.1 Å². The number of halogens is 1. The highest BCUT2D eigenvalue weighted by Gasteiger charge is 2.34. The first-order valence-corrected chi connectivity index (χ1v) is 10.2. The molecule has 11 nitrogen and oxygen atoms in total. The third kappa shape index (κ3) is 5.42. The average molecular weight is 461 g/mol. The third-order valence-corrected chi connectivity index (χ3v) is 5.00. The molecule has 0 radical (unpaired) electrons. The summed E-state index contributed by atoms with van der Waals surface area (Å²) < 4.78 is 5.51. The van der Waals surface area contributed by atoms with E-state index < -0.39 is 4.92 Å². The number of hydrogen-bond acceptors (Lipinski definition) is 10. The number of allylic oxidation sites excluding steroid dienone is 1. The molecule has 2 aromatic rings. The first kappa shape index (κ1) is 23.2. The van der Waals surface area contributed by atoms with Gasteiger partial charge in [0.25, 0.3) is 5.69 Å². The highest BCUT2D eigenvalue weighted by molar-refractivity contribution is 6.25. The van der Waals surface area contributed by atoms with Crippen molar-refractivity contribution in [1.82, 2.24) is 19.9 Å². The molecular weight excluding hydrogens is 436 g/mol. The second-order valence-corrected chi connectivity index (χ2v) is 7.65. The zero-order valence-electron chi connectivity index (χ0n) is 18.1. The van der Waals surface area contributed by atoms with Crippen LogP contribution in [0, 0.1) is 10.1 Å². The van der Waals surface area contributed by atoms with Crippen molar-refractivity contribution in [3.8, 4) is 5.75 Å². The van der Waals surface area contributed by atoms with Crippen LogP contribution < -0.4 is 20.3 Å². The normalized spacial score (nSPS) is 15.5. The number of hydrogen-bond donors (Lipinski definition) is 2. The molecule has 0 unspecified atom stereocenters. The fourth-order valence-electron chi connectivity index (χ4n) is 3.37. The maximum atomic E-state index is 11.9. The molecule has 0 saturated carbocycles. The Morgan fingerprint density at radius 3 is 2.78 bits per heavy atom. The minimum atomic E-state index is -0.395. The summed E-state index contributed by atoms with van der Waals surface area (Å²) in [6.45, 7) is 5.33. The molecule has 0 aliphatic carbocycles. The number of likely N-dealkylation sites (N-methyl/N-ethyl adjacent to an activating group) is 1. The number of anilines is 4. The molecule has 1 aromatic heterocycles. The lowest BCUT2D eigenvalue weighted by atomic mass is 10.00. The van der Waals surface area contributed by atoms with Crippen LogP contribution in [-0.4, -0.2) is 65.1 Å². The first-order chi connectivity index (χ1) is 15.3. The van der Waals surface area contributed by atoms with Gasteiger partial charge in [-0.15, -0.1) is 0 Å². The number of methoxy groups -OCH3 is 1. The second-order valence-electron chi connectivity index (χ2n) is 7.40. The average Bonchev–Trinajstić information content (AvgIpc) is 2.72. The number of benzene rings is 1. The Hall–Kier alpha value is -3.44. The molecule has 12 heteroatoms. The van der Waals surface area contributed by atoms with E-state index in [0.29, 0.717) is 22.8 Å². The summed E-state index contributed by atoms with van der Waals surface area (Å²) in [6.07, 6.45) is 3.82. The van der Waals surface area contributed by atoms with E-state index >= 15 is 0 Å². The van der Waals surface area contributed by atoms with E-state index in [1.807, 2.05) is 19.0 Å². The Balaban J connectivity index is 1.90. The van der Waals surface area contributed by atoms with Crippen LogP contribution >= 0.6 is 11.6 Å². The van der Waals surface area contributed by atoms with Crippen molar-refractivity contribution < 1.29 is 9.66 Å². The van der Waals surface area contributed by atoms with E-state index in [2.05, 4.69) is 37.1 Å². The largest absolute Gasteiger partial charge is 0.494 e. The van der Waals surface area contributed by atoms with Crippen molar-refractivity contribution >= 4 is 40.6 Å². The highest BCUT2D eigenvalue weighted by atomic mass is 35.5. The molecule has 0 amide bonds. The molecule has 1 saturated heterocycles. The Bertz CT molecular complexity index is 1030. The van der Waals surface area contributed by atoms with E-state index in [-0.39, 0.29) is 23.6 Å². The molecule has 0 bridgehead atoms. The number of nitrogens with one attached hydrogen (secondary N) is 2. The fraction of sp³-hybridized carbons (Fsp3) is 0.350. The molecular formula is C20H25ClN8O3. The molecule has 3 rings (SSSR count). The maximum Gasteiger partial charge on any atom is 0.294 e. The first-order valence-electron chi connectivity index (χ1n) is 9.79. The van der Waals surface area contributed by atoms with E-state index in [4.69, 9.17) is 16.3 Å². The van der Waals surface area contributed by atoms with Crippen LogP contribution in [-0.2, 0) is 0 Å². The monoisotopic (exact) mass is 460 g/mol. The van der Waals surface area contributed by atoms with Crippen LogP contribution in [0.5, 0.6) is 5.75 Å². The fourth-order valence-corrected chi connectivity index (χ4v) is 3.52. The Morgan fingerprint density at radius 2 is 2.19 bits per heavy atom. The highest BCUT2D eigenvalue weighted by Crippen LogP contribution is 2.42. The lowest BCUT2D eigenvalue weighted by Gasteiger charge is -2.43. The van der Waals surface area contributed by atoms with Gasteiger partial charge >= 0.3 is 0 Å². The van der Waals surface area contributed by atoms with Gasteiger partial charge in [0.15, 0.2) is 0 Å². The van der Waals surface area contributed by atoms with E-state index in [9.17, 15) is 10.1 Å². The summed E-state index contributed by atoms with van der Waals surface area (Å²) >= 11 is 5.54. The molecule has 2 heterocycles. The van der Waals surface area contributed by atoms with Gasteiger partial charge < -0.3 is 25.2 Å². The molecule has 2 N–H and O–H groups in total. The van der Waals surface area contributed by atoms with Crippen molar-refractivity contribution in [3.05, 3.63) is 52.5 Å². The minimum absolute atomic E-state index is 0.0233. The van der Waals surface area contributed by atoms with Gasteiger partial charge in [-0.1, -0.05) is 18.2 Å². The molecule has 32 heavy (non-hydrogen) atoms. The van der Waals surface area contributed by atoms with Gasteiger partial charge in [0.2, 0.25) is 11.9 Å².